The fourth-order valence-electron chi connectivity index (χ4n) is 2.26. The van der Waals surface area contributed by atoms with Gasteiger partial charge in [-0.3, -0.25) is 4.79 Å². The van der Waals surface area contributed by atoms with Gasteiger partial charge in [-0.15, -0.1) is 0 Å². The highest BCUT2D eigenvalue weighted by Crippen LogP contribution is 2.31. The minimum absolute atomic E-state index is 0.201. The lowest BCUT2D eigenvalue weighted by Crippen LogP contribution is -2.44. The predicted octanol–water partition coefficient (Wildman–Crippen LogP) is 0.354. The van der Waals surface area contributed by atoms with Crippen molar-refractivity contribution in [2.75, 3.05) is 19.7 Å². The molecule has 1 fully saturated rings. The summed E-state index contributed by atoms with van der Waals surface area (Å²) in [7, 11) is 0. The van der Waals surface area contributed by atoms with E-state index in [0.29, 0.717) is 32.2 Å². The first-order valence-corrected chi connectivity index (χ1v) is 6.34. The van der Waals surface area contributed by atoms with E-state index in [1.54, 1.807) is 0 Å². The summed E-state index contributed by atoms with van der Waals surface area (Å²) in [6.07, 6.45) is 3.89. The van der Waals surface area contributed by atoms with E-state index in [2.05, 4.69) is 5.32 Å². The summed E-state index contributed by atoms with van der Waals surface area (Å²) >= 11 is 0. The Morgan fingerprint density at radius 2 is 1.94 bits per heavy atom. The number of carboxylic acids is 1. The van der Waals surface area contributed by atoms with Crippen molar-refractivity contribution in [2.45, 2.75) is 44.1 Å². The number of carbonyl (C=O) groups is 1. The zero-order valence-electron chi connectivity index (χ0n) is 10.2. The van der Waals surface area contributed by atoms with Gasteiger partial charge < -0.3 is 20.6 Å². The molecule has 4 N–H and O–H groups in total. The summed E-state index contributed by atoms with van der Waals surface area (Å²) in [5, 5.41) is 30.9. The van der Waals surface area contributed by atoms with Gasteiger partial charge >= 0.3 is 5.97 Å². The SMILES string of the molecule is O=C(O)C1CCC(O)(CNCCCCO)CC1. The molecule has 1 aliphatic rings. The van der Waals surface area contributed by atoms with Crippen molar-refractivity contribution in [1.29, 1.82) is 0 Å². The standard InChI is InChI=1S/C12H23NO4/c14-8-2-1-7-13-9-12(17)5-3-10(4-6-12)11(15)16/h10,13-14,17H,1-9H2,(H,15,16). The van der Waals surface area contributed by atoms with Gasteiger partial charge in [0.25, 0.3) is 0 Å². The molecular weight excluding hydrogens is 222 g/mol. The fraction of sp³-hybridized carbons (Fsp3) is 0.917. The highest BCUT2D eigenvalue weighted by Gasteiger charge is 2.35. The van der Waals surface area contributed by atoms with Crippen molar-refractivity contribution in [2.24, 2.45) is 5.92 Å². The largest absolute Gasteiger partial charge is 0.481 e. The molecule has 0 aromatic rings. The Morgan fingerprint density at radius 3 is 2.47 bits per heavy atom. The van der Waals surface area contributed by atoms with Crippen LogP contribution in [0.25, 0.3) is 0 Å². The third-order valence-corrected chi connectivity index (χ3v) is 3.48. The van der Waals surface area contributed by atoms with E-state index in [-0.39, 0.29) is 12.5 Å². The van der Waals surface area contributed by atoms with Crippen LogP contribution in [0.1, 0.15) is 38.5 Å². The van der Waals surface area contributed by atoms with E-state index in [1.807, 2.05) is 0 Å². The van der Waals surface area contributed by atoms with Gasteiger partial charge in [-0.1, -0.05) is 0 Å². The summed E-state index contributed by atoms with van der Waals surface area (Å²) in [4.78, 5) is 10.8. The van der Waals surface area contributed by atoms with Gasteiger partial charge in [0, 0.05) is 13.2 Å². The van der Waals surface area contributed by atoms with Crippen molar-refractivity contribution in [1.82, 2.24) is 5.32 Å². The van der Waals surface area contributed by atoms with Gasteiger partial charge in [-0.2, -0.15) is 0 Å². The highest BCUT2D eigenvalue weighted by molar-refractivity contribution is 5.70. The summed E-state index contributed by atoms with van der Waals surface area (Å²) in [6, 6.07) is 0. The van der Waals surface area contributed by atoms with Crippen molar-refractivity contribution in [3.8, 4) is 0 Å². The van der Waals surface area contributed by atoms with Crippen LogP contribution in [0.2, 0.25) is 0 Å². The molecule has 0 aromatic carbocycles. The van der Waals surface area contributed by atoms with E-state index < -0.39 is 11.6 Å². The third kappa shape index (κ3) is 5.02. The van der Waals surface area contributed by atoms with Crippen LogP contribution in [0, 0.1) is 5.92 Å². The molecule has 0 unspecified atom stereocenters. The third-order valence-electron chi connectivity index (χ3n) is 3.48. The molecule has 0 aromatic heterocycles. The molecule has 0 saturated heterocycles. The average molecular weight is 245 g/mol. The molecule has 0 radical (unpaired) electrons. The number of hydrogen-bond acceptors (Lipinski definition) is 4. The first kappa shape index (κ1) is 14.4. The first-order chi connectivity index (χ1) is 8.07. The molecule has 0 heterocycles. The Hall–Kier alpha value is -0.650. The van der Waals surface area contributed by atoms with Crippen LogP contribution in [0.15, 0.2) is 0 Å². The van der Waals surface area contributed by atoms with Gasteiger partial charge in [-0.25, -0.2) is 0 Å². The number of nitrogens with one attached hydrogen (secondary N) is 1. The summed E-state index contributed by atoms with van der Waals surface area (Å²) in [6.45, 7) is 1.50. The molecule has 0 aliphatic heterocycles. The Morgan fingerprint density at radius 1 is 1.29 bits per heavy atom. The van der Waals surface area contributed by atoms with Crippen molar-refractivity contribution >= 4 is 5.97 Å². The van der Waals surface area contributed by atoms with Crippen LogP contribution in [-0.2, 0) is 4.79 Å². The maximum atomic E-state index is 10.8. The van der Waals surface area contributed by atoms with Crippen LogP contribution >= 0.6 is 0 Å². The second-order valence-electron chi connectivity index (χ2n) is 4.94. The van der Waals surface area contributed by atoms with Crippen LogP contribution in [0.5, 0.6) is 0 Å². The first-order valence-electron chi connectivity index (χ1n) is 6.34. The normalized spacial score (nSPS) is 29.2. The minimum atomic E-state index is -0.747. The average Bonchev–Trinajstić information content (AvgIpc) is 2.29. The molecule has 0 bridgehead atoms. The predicted molar refractivity (Wildman–Crippen MR) is 63.7 cm³/mol. The molecule has 0 atom stereocenters. The molecule has 0 spiro atoms. The summed E-state index contributed by atoms with van der Waals surface area (Å²) in [5.41, 5.74) is -0.745. The molecule has 0 amide bonds. The molecule has 1 rings (SSSR count). The van der Waals surface area contributed by atoms with Gasteiger partial charge in [0.2, 0.25) is 0 Å². The zero-order valence-corrected chi connectivity index (χ0v) is 10.2. The van der Waals surface area contributed by atoms with Crippen molar-refractivity contribution < 1.29 is 20.1 Å². The van der Waals surface area contributed by atoms with Crippen LogP contribution in [0.3, 0.4) is 0 Å². The topological polar surface area (TPSA) is 89.8 Å². The lowest BCUT2D eigenvalue weighted by atomic mass is 9.79. The van der Waals surface area contributed by atoms with Crippen molar-refractivity contribution in [3.63, 3.8) is 0 Å². The Kier molecular flexibility index (Phi) is 5.88. The summed E-state index contributed by atoms with van der Waals surface area (Å²) in [5.74, 6) is -1.03. The van der Waals surface area contributed by atoms with Gasteiger partial charge in [-0.05, 0) is 45.1 Å². The number of unbranched alkanes of at least 4 members (excludes halogenated alkanes) is 1. The quantitative estimate of drug-likeness (QED) is 0.486. The lowest BCUT2D eigenvalue weighted by Gasteiger charge is -2.34. The van der Waals surface area contributed by atoms with E-state index in [9.17, 15) is 9.90 Å². The second-order valence-corrected chi connectivity index (χ2v) is 4.94. The number of rotatable bonds is 7. The smallest absolute Gasteiger partial charge is 0.306 e. The van der Waals surface area contributed by atoms with Crippen LogP contribution in [0.4, 0.5) is 0 Å². The molecule has 100 valence electrons. The Balaban J connectivity index is 2.18. The molecule has 5 nitrogen and oxygen atoms in total. The molecular formula is C12H23NO4. The van der Waals surface area contributed by atoms with E-state index >= 15 is 0 Å². The van der Waals surface area contributed by atoms with Crippen LogP contribution in [-0.4, -0.2) is 46.6 Å². The van der Waals surface area contributed by atoms with Gasteiger partial charge in [0.05, 0.1) is 11.5 Å². The molecule has 17 heavy (non-hydrogen) atoms. The van der Waals surface area contributed by atoms with E-state index in [1.165, 1.54) is 0 Å². The highest BCUT2D eigenvalue weighted by atomic mass is 16.4. The minimum Gasteiger partial charge on any atom is -0.481 e. The Labute approximate surface area is 102 Å². The number of aliphatic carboxylic acids is 1. The van der Waals surface area contributed by atoms with E-state index in [4.69, 9.17) is 10.2 Å². The monoisotopic (exact) mass is 245 g/mol. The molecule has 5 heteroatoms. The number of hydrogen-bond donors (Lipinski definition) is 4. The number of aliphatic hydroxyl groups excluding tert-OH is 1. The maximum Gasteiger partial charge on any atom is 0.306 e. The van der Waals surface area contributed by atoms with Gasteiger partial charge in [0.15, 0.2) is 0 Å². The van der Waals surface area contributed by atoms with E-state index in [0.717, 1.165) is 19.4 Å². The fourth-order valence-corrected chi connectivity index (χ4v) is 2.26. The number of aliphatic hydroxyl groups is 2. The van der Waals surface area contributed by atoms with Crippen molar-refractivity contribution in [3.05, 3.63) is 0 Å². The summed E-state index contributed by atoms with van der Waals surface area (Å²) < 4.78 is 0. The zero-order chi connectivity index (χ0) is 12.7. The molecule has 1 saturated carbocycles. The second kappa shape index (κ2) is 6.93. The van der Waals surface area contributed by atoms with Crippen LogP contribution < -0.4 is 5.32 Å². The van der Waals surface area contributed by atoms with Gasteiger partial charge in [0.1, 0.15) is 0 Å². The maximum absolute atomic E-state index is 10.8. The Bertz CT molecular complexity index is 237. The molecule has 1 aliphatic carbocycles. The number of carboxylic acid groups (broad SMARTS) is 1. The lowest BCUT2D eigenvalue weighted by molar-refractivity contribution is -0.144.